The van der Waals surface area contributed by atoms with Crippen molar-refractivity contribution >= 4 is 0 Å². The zero-order valence-corrected chi connectivity index (χ0v) is 10.8. The van der Waals surface area contributed by atoms with Gasteiger partial charge in [-0.25, -0.2) is 0 Å². The van der Waals surface area contributed by atoms with Gasteiger partial charge in [0.1, 0.15) is 18.1 Å². The molecule has 0 amide bonds. The first-order valence-electron chi connectivity index (χ1n) is 6.01. The van der Waals surface area contributed by atoms with Gasteiger partial charge in [-0.1, -0.05) is 13.3 Å². The molecule has 1 atom stereocenters. The zero-order valence-electron chi connectivity index (χ0n) is 10.8. The van der Waals surface area contributed by atoms with Gasteiger partial charge in [-0.2, -0.15) is 0 Å². The van der Waals surface area contributed by atoms with Gasteiger partial charge in [-0.05, 0) is 33.4 Å². The van der Waals surface area contributed by atoms with E-state index in [1.54, 1.807) is 0 Å². The fraction of sp³-hybridized carbons (Fsp3) is 0.692. The van der Waals surface area contributed by atoms with Gasteiger partial charge in [-0.15, -0.1) is 0 Å². The molecule has 0 bridgehead atoms. The van der Waals surface area contributed by atoms with Crippen molar-refractivity contribution in [1.82, 2.24) is 5.32 Å². The molecule has 0 saturated heterocycles. The number of nitrogens with one attached hydrogen (secondary N) is 1. The summed E-state index contributed by atoms with van der Waals surface area (Å²) in [6.07, 6.45) is 2.56. The van der Waals surface area contributed by atoms with E-state index in [1.807, 2.05) is 14.0 Å². The highest BCUT2D eigenvalue weighted by molar-refractivity contribution is 5.20. The Bertz CT molecular complexity index is 307. The highest BCUT2D eigenvalue weighted by Gasteiger charge is 2.08. The Labute approximate surface area is 98.2 Å². The third-order valence-corrected chi connectivity index (χ3v) is 2.64. The quantitative estimate of drug-likeness (QED) is 0.774. The molecule has 0 spiro atoms. The molecule has 0 aliphatic heterocycles. The fourth-order valence-electron chi connectivity index (χ4n) is 1.74. The van der Waals surface area contributed by atoms with Crippen LogP contribution in [0, 0.1) is 6.92 Å². The Hall–Kier alpha value is -0.800. The van der Waals surface area contributed by atoms with Crippen molar-refractivity contribution in [2.45, 2.75) is 52.9 Å². The third kappa shape index (κ3) is 3.99. The van der Waals surface area contributed by atoms with Gasteiger partial charge >= 0.3 is 0 Å². The number of ether oxygens (including phenoxy) is 1. The van der Waals surface area contributed by atoms with Crippen LogP contribution < -0.4 is 5.32 Å². The molecule has 0 aromatic carbocycles. The standard InChI is InChI=1S/C13H23NO2/c1-5-6-10(2)15-9-13-7-12(8-14-4)11(3)16-13/h7,10,14H,5-6,8-9H2,1-4H3. The molecule has 1 aromatic heterocycles. The minimum absolute atomic E-state index is 0.308. The van der Waals surface area contributed by atoms with Gasteiger partial charge in [-0.3, -0.25) is 0 Å². The Morgan fingerprint density at radius 2 is 2.25 bits per heavy atom. The molecule has 3 heteroatoms. The summed E-state index contributed by atoms with van der Waals surface area (Å²) in [6, 6.07) is 2.07. The van der Waals surface area contributed by atoms with E-state index in [0.29, 0.717) is 12.7 Å². The van der Waals surface area contributed by atoms with Gasteiger partial charge in [0.25, 0.3) is 0 Å². The minimum Gasteiger partial charge on any atom is -0.464 e. The molecular weight excluding hydrogens is 202 g/mol. The highest BCUT2D eigenvalue weighted by Crippen LogP contribution is 2.16. The van der Waals surface area contributed by atoms with E-state index >= 15 is 0 Å². The lowest BCUT2D eigenvalue weighted by Gasteiger charge is -2.09. The van der Waals surface area contributed by atoms with Crippen molar-refractivity contribution < 1.29 is 9.15 Å². The van der Waals surface area contributed by atoms with Crippen molar-refractivity contribution in [2.75, 3.05) is 7.05 Å². The topological polar surface area (TPSA) is 34.4 Å². The molecule has 0 saturated carbocycles. The van der Waals surface area contributed by atoms with Crippen LogP contribution in [0.5, 0.6) is 0 Å². The maximum atomic E-state index is 5.70. The van der Waals surface area contributed by atoms with Gasteiger partial charge in [0, 0.05) is 12.1 Å². The van der Waals surface area contributed by atoms with Crippen LogP contribution in [-0.2, 0) is 17.9 Å². The number of furan rings is 1. The van der Waals surface area contributed by atoms with Gasteiger partial charge in [0.15, 0.2) is 0 Å². The van der Waals surface area contributed by atoms with E-state index < -0.39 is 0 Å². The summed E-state index contributed by atoms with van der Waals surface area (Å²) in [5.74, 6) is 1.90. The van der Waals surface area contributed by atoms with Crippen molar-refractivity contribution in [3.05, 3.63) is 23.2 Å². The van der Waals surface area contributed by atoms with Crippen molar-refractivity contribution in [3.8, 4) is 0 Å². The van der Waals surface area contributed by atoms with Crippen molar-refractivity contribution in [2.24, 2.45) is 0 Å². The van der Waals surface area contributed by atoms with Gasteiger partial charge in [0.05, 0.1) is 6.10 Å². The molecule has 1 aromatic rings. The number of aryl methyl sites for hydroxylation is 1. The summed E-state index contributed by atoms with van der Waals surface area (Å²) in [7, 11) is 1.94. The Morgan fingerprint density at radius 3 is 2.88 bits per heavy atom. The third-order valence-electron chi connectivity index (χ3n) is 2.64. The molecule has 1 unspecified atom stereocenters. The summed E-state index contributed by atoms with van der Waals surface area (Å²) in [6.45, 7) is 7.69. The smallest absolute Gasteiger partial charge is 0.130 e. The number of hydrogen-bond donors (Lipinski definition) is 1. The summed E-state index contributed by atoms with van der Waals surface area (Å²) in [5, 5.41) is 3.12. The first-order valence-corrected chi connectivity index (χ1v) is 6.01. The van der Waals surface area contributed by atoms with Crippen LogP contribution in [0.25, 0.3) is 0 Å². The highest BCUT2D eigenvalue weighted by atomic mass is 16.5. The predicted molar refractivity (Wildman–Crippen MR) is 65.4 cm³/mol. The van der Waals surface area contributed by atoms with E-state index in [0.717, 1.165) is 30.9 Å². The molecule has 0 aliphatic rings. The van der Waals surface area contributed by atoms with Gasteiger partial charge in [0.2, 0.25) is 0 Å². The molecule has 1 heterocycles. The summed E-state index contributed by atoms with van der Waals surface area (Å²) in [4.78, 5) is 0. The van der Waals surface area contributed by atoms with Crippen LogP contribution in [0.15, 0.2) is 10.5 Å². The van der Waals surface area contributed by atoms with Crippen LogP contribution in [0.2, 0.25) is 0 Å². The summed E-state index contributed by atoms with van der Waals surface area (Å²) in [5.41, 5.74) is 1.21. The predicted octanol–water partition coefficient (Wildman–Crippen LogP) is 3.01. The van der Waals surface area contributed by atoms with E-state index in [-0.39, 0.29) is 0 Å². The van der Waals surface area contributed by atoms with Crippen LogP contribution in [-0.4, -0.2) is 13.2 Å². The molecule has 1 rings (SSSR count). The molecule has 3 nitrogen and oxygen atoms in total. The summed E-state index contributed by atoms with van der Waals surface area (Å²) >= 11 is 0. The molecule has 0 radical (unpaired) electrons. The van der Waals surface area contributed by atoms with Crippen LogP contribution >= 0.6 is 0 Å². The molecule has 92 valence electrons. The molecule has 1 N–H and O–H groups in total. The van der Waals surface area contributed by atoms with Gasteiger partial charge < -0.3 is 14.5 Å². The average Bonchev–Trinajstić information content (AvgIpc) is 2.58. The second-order valence-electron chi connectivity index (χ2n) is 4.23. The molecule has 0 fully saturated rings. The Kier molecular flexibility index (Phi) is 5.56. The van der Waals surface area contributed by atoms with Crippen LogP contribution in [0.3, 0.4) is 0 Å². The Balaban J connectivity index is 2.45. The average molecular weight is 225 g/mol. The first-order chi connectivity index (χ1) is 7.67. The second kappa shape index (κ2) is 6.71. The van der Waals surface area contributed by atoms with Crippen LogP contribution in [0.4, 0.5) is 0 Å². The molecular formula is C13H23NO2. The Morgan fingerprint density at radius 1 is 1.50 bits per heavy atom. The molecule has 0 aliphatic carbocycles. The minimum atomic E-state index is 0.308. The fourth-order valence-corrected chi connectivity index (χ4v) is 1.74. The van der Waals surface area contributed by atoms with E-state index in [9.17, 15) is 0 Å². The molecule has 16 heavy (non-hydrogen) atoms. The first kappa shape index (κ1) is 13.3. The SMILES string of the molecule is CCCC(C)OCc1cc(CNC)c(C)o1. The van der Waals surface area contributed by atoms with E-state index in [4.69, 9.17) is 9.15 Å². The largest absolute Gasteiger partial charge is 0.464 e. The van der Waals surface area contributed by atoms with Crippen molar-refractivity contribution in [3.63, 3.8) is 0 Å². The maximum absolute atomic E-state index is 5.70. The van der Waals surface area contributed by atoms with Crippen LogP contribution in [0.1, 0.15) is 43.8 Å². The lowest BCUT2D eigenvalue weighted by atomic mass is 10.2. The number of hydrogen-bond acceptors (Lipinski definition) is 3. The monoisotopic (exact) mass is 225 g/mol. The normalized spacial score (nSPS) is 13.0. The lowest BCUT2D eigenvalue weighted by molar-refractivity contribution is 0.0369. The maximum Gasteiger partial charge on any atom is 0.130 e. The zero-order chi connectivity index (χ0) is 12.0. The van der Waals surface area contributed by atoms with E-state index in [1.165, 1.54) is 5.56 Å². The second-order valence-corrected chi connectivity index (χ2v) is 4.23. The lowest BCUT2D eigenvalue weighted by Crippen LogP contribution is -2.07. The summed E-state index contributed by atoms with van der Waals surface area (Å²) < 4.78 is 11.3. The van der Waals surface area contributed by atoms with Crippen molar-refractivity contribution in [1.29, 1.82) is 0 Å². The van der Waals surface area contributed by atoms with E-state index in [2.05, 4.69) is 25.2 Å². The number of rotatable bonds is 7.